The molecule has 3 aliphatic rings. The molecule has 0 unspecified atom stereocenters. The van der Waals surface area contributed by atoms with Crippen LogP contribution in [0.2, 0.25) is 0 Å². The Kier molecular flexibility index (Phi) is 7.08. The fourth-order valence-corrected chi connectivity index (χ4v) is 8.04. The number of carboxylic acid groups (broad SMARTS) is 1. The Hall–Kier alpha value is -2.83. The van der Waals surface area contributed by atoms with E-state index in [0.29, 0.717) is 5.75 Å². The first-order valence-electron chi connectivity index (χ1n) is 11.9. The van der Waals surface area contributed by atoms with Gasteiger partial charge in [-0.15, -0.1) is 35.3 Å². The van der Waals surface area contributed by atoms with Crippen LogP contribution in [0.5, 0.6) is 0 Å². The van der Waals surface area contributed by atoms with E-state index in [9.17, 15) is 14.7 Å². The summed E-state index contributed by atoms with van der Waals surface area (Å²) in [4.78, 5) is 43.1. The smallest absolute Gasteiger partial charge is 0.374 e. The molecule has 5 rings (SSSR count). The second kappa shape index (κ2) is 10.0. The molecule has 9 nitrogen and oxygen atoms in total. The number of carbonyl (C=O) groups excluding carboxylic acids is 1. The van der Waals surface area contributed by atoms with E-state index in [1.807, 2.05) is 25.1 Å². The molecule has 1 amide bonds. The molecule has 2 N–H and O–H groups in total. The molecule has 3 atom stereocenters. The number of hydrogen-bond donors (Lipinski definition) is 2. The molecule has 0 spiro atoms. The topological polar surface area (TPSA) is 130 Å². The second-order valence-electron chi connectivity index (χ2n) is 9.80. The van der Waals surface area contributed by atoms with E-state index in [-0.39, 0.29) is 11.6 Å². The van der Waals surface area contributed by atoms with Crippen LogP contribution in [-0.2, 0) is 5.54 Å². The quantitative estimate of drug-likeness (QED) is 0.494. The molecule has 12 heteroatoms. The summed E-state index contributed by atoms with van der Waals surface area (Å²) in [6.07, 6.45) is 4.13. The summed E-state index contributed by atoms with van der Waals surface area (Å²) in [5.41, 5.74) is -0.983. The van der Waals surface area contributed by atoms with Gasteiger partial charge in [-0.1, -0.05) is 36.4 Å². The summed E-state index contributed by atoms with van der Waals surface area (Å²) in [7, 11) is 1.41. The van der Waals surface area contributed by atoms with Crippen LogP contribution in [0, 0.1) is 0 Å². The first kappa shape index (κ1) is 26.8. The number of amides is 1. The van der Waals surface area contributed by atoms with E-state index < -0.39 is 34.3 Å². The molecule has 198 valence electrons. The Morgan fingerprint density at radius 1 is 0.921 bits per heavy atom. The van der Waals surface area contributed by atoms with Gasteiger partial charge in [0.05, 0.1) is 15.1 Å². The molecule has 38 heavy (non-hydrogen) atoms. The number of aromatic nitrogens is 1. The van der Waals surface area contributed by atoms with Gasteiger partial charge in [-0.05, 0) is 32.4 Å². The standard InChI is InChI=1S/C26H27N5O4S3/c1-24(21-28-17(19(32)27-4)18(35-21)20(33)34)12-37-23(30-24)26(3)14-38-22(31-26)25(2)13-36-16(29-25)11-10-15-8-6-5-7-9-15/h5-11H,12-14H2,1-4H3,(H,27,32)(H,33,34)/b11-10+/t24-,25+,26+/m1/s1. The van der Waals surface area contributed by atoms with Crippen molar-refractivity contribution in [1.82, 2.24) is 10.3 Å². The third-order valence-corrected chi connectivity index (χ3v) is 10.6. The van der Waals surface area contributed by atoms with E-state index in [1.165, 1.54) is 7.05 Å². The van der Waals surface area contributed by atoms with Gasteiger partial charge in [0.2, 0.25) is 11.7 Å². The maximum Gasteiger partial charge on any atom is 0.374 e. The summed E-state index contributed by atoms with van der Waals surface area (Å²) >= 11 is 4.99. The summed E-state index contributed by atoms with van der Waals surface area (Å²) in [5, 5.41) is 14.7. The number of oxazole rings is 1. The highest BCUT2D eigenvalue weighted by atomic mass is 32.2. The molecule has 0 radical (unpaired) electrons. The van der Waals surface area contributed by atoms with Gasteiger partial charge in [-0.25, -0.2) is 9.78 Å². The molecule has 0 bridgehead atoms. The third kappa shape index (κ3) is 4.96. The van der Waals surface area contributed by atoms with Crippen LogP contribution in [0.4, 0.5) is 0 Å². The van der Waals surface area contributed by atoms with Crippen molar-refractivity contribution in [3.8, 4) is 0 Å². The Balaban J connectivity index is 1.38. The number of aromatic carboxylic acids is 1. The van der Waals surface area contributed by atoms with Gasteiger partial charge in [0, 0.05) is 24.3 Å². The van der Waals surface area contributed by atoms with Gasteiger partial charge in [-0.3, -0.25) is 19.8 Å². The number of carboxylic acids is 1. The Morgan fingerprint density at radius 3 is 2.18 bits per heavy atom. The summed E-state index contributed by atoms with van der Waals surface area (Å²) < 4.78 is 5.56. The molecule has 1 aromatic heterocycles. The molecule has 4 heterocycles. The van der Waals surface area contributed by atoms with Crippen molar-refractivity contribution >= 4 is 68.4 Å². The fraction of sp³-hybridized carbons (Fsp3) is 0.385. The average Bonchev–Trinajstić information content (AvgIpc) is 3.69. The number of nitrogens with one attached hydrogen (secondary N) is 1. The lowest BCUT2D eigenvalue weighted by Crippen LogP contribution is -2.33. The van der Waals surface area contributed by atoms with Crippen LogP contribution < -0.4 is 5.32 Å². The zero-order valence-electron chi connectivity index (χ0n) is 21.3. The maximum absolute atomic E-state index is 12.1. The molecule has 0 saturated carbocycles. The number of rotatable bonds is 7. The van der Waals surface area contributed by atoms with Gasteiger partial charge in [-0.2, -0.15) is 0 Å². The molecular formula is C26H27N5O4S3. The molecule has 1 aromatic carbocycles. The highest BCUT2D eigenvalue weighted by Gasteiger charge is 2.49. The largest absolute Gasteiger partial charge is 0.475 e. The van der Waals surface area contributed by atoms with Crippen LogP contribution >= 0.6 is 35.3 Å². The molecular weight excluding hydrogens is 543 g/mol. The van der Waals surface area contributed by atoms with Crippen LogP contribution in [0.15, 0.2) is 55.8 Å². The van der Waals surface area contributed by atoms with Gasteiger partial charge >= 0.3 is 5.97 Å². The van der Waals surface area contributed by atoms with E-state index in [4.69, 9.17) is 19.4 Å². The van der Waals surface area contributed by atoms with Crippen molar-refractivity contribution < 1.29 is 19.1 Å². The maximum atomic E-state index is 12.1. The number of thioether (sulfide) groups is 3. The second-order valence-corrected chi connectivity index (χ2v) is 12.7. The van der Waals surface area contributed by atoms with E-state index in [1.54, 1.807) is 35.3 Å². The van der Waals surface area contributed by atoms with Crippen molar-refractivity contribution in [1.29, 1.82) is 0 Å². The van der Waals surface area contributed by atoms with Crippen LogP contribution in [-0.4, -0.2) is 72.5 Å². The molecule has 0 aliphatic carbocycles. The third-order valence-electron chi connectivity index (χ3n) is 6.40. The minimum Gasteiger partial charge on any atom is -0.475 e. The number of benzene rings is 1. The van der Waals surface area contributed by atoms with Crippen LogP contribution in [0.1, 0.15) is 53.3 Å². The minimum absolute atomic E-state index is 0.105. The number of carbonyl (C=O) groups is 2. The zero-order valence-corrected chi connectivity index (χ0v) is 23.8. The normalized spacial score (nSPS) is 28.9. The van der Waals surface area contributed by atoms with Crippen LogP contribution in [0.3, 0.4) is 0 Å². The lowest BCUT2D eigenvalue weighted by Gasteiger charge is -2.21. The summed E-state index contributed by atoms with van der Waals surface area (Å²) in [6.45, 7) is 6.01. The van der Waals surface area contributed by atoms with Crippen molar-refractivity contribution in [3.05, 3.63) is 59.3 Å². The van der Waals surface area contributed by atoms with Gasteiger partial charge in [0.1, 0.15) is 16.6 Å². The highest BCUT2D eigenvalue weighted by molar-refractivity contribution is 8.17. The number of aliphatic imine (C=N–C) groups is 3. The average molecular weight is 570 g/mol. The Bertz CT molecular complexity index is 1420. The molecule has 0 fully saturated rings. The van der Waals surface area contributed by atoms with Crippen molar-refractivity contribution in [2.24, 2.45) is 15.0 Å². The van der Waals surface area contributed by atoms with Gasteiger partial charge in [0.15, 0.2) is 5.69 Å². The summed E-state index contributed by atoms with van der Waals surface area (Å²) in [6, 6.07) is 10.2. The predicted octanol–water partition coefficient (Wildman–Crippen LogP) is 4.61. The van der Waals surface area contributed by atoms with Crippen molar-refractivity contribution in [2.45, 2.75) is 37.4 Å². The number of hydrogen-bond acceptors (Lipinski definition) is 10. The lowest BCUT2D eigenvalue weighted by molar-refractivity contribution is 0.0652. The summed E-state index contributed by atoms with van der Waals surface area (Å²) in [5.74, 6) is -0.310. The van der Waals surface area contributed by atoms with E-state index in [0.717, 1.165) is 32.2 Å². The zero-order chi connectivity index (χ0) is 27.1. The molecule has 2 aromatic rings. The number of nitrogens with zero attached hydrogens (tertiary/aromatic N) is 4. The van der Waals surface area contributed by atoms with E-state index >= 15 is 0 Å². The van der Waals surface area contributed by atoms with E-state index in [2.05, 4.69) is 48.4 Å². The van der Waals surface area contributed by atoms with Crippen molar-refractivity contribution in [3.63, 3.8) is 0 Å². The lowest BCUT2D eigenvalue weighted by atomic mass is 10.0. The molecule has 0 saturated heterocycles. The minimum atomic E-state index is -1.35. The fourth-order valence-electron chi connectivity index (χ4n) is 4.18. The first-order chi connectivity index (χ1) is 18.1. The Morgan fingerprint density at radius 2 is 1.53 bits per heavy atom. The first-order valence-corrected chi connectivity index (χ1v) is 14.9. The molecule has 3 aliphatic heterocycles. The highest BCUT2D eigenvalue weighted by Crippen LogP contribution is 2.46. The van der Waals surface area contributed by atoms with Crippen molar-refractivity contribution in [2.75, 3.05) is 24.3 Å². The Labute approximate surface area is 233 Å². The monoisotopic (exact) mass is 569 g/mol. The predicted molar refractivity (Wildman–Crippen MR) is 156 cm³/mol. The van der Waals surface area contributed by atoms with Gasteiger partial charge < -0.3 is 14.8 Å². The van der Waals surface area contributed by atoms with Gasteiger partial charge in [0.25, 0.3) is 5.91 Å². The van der Waals surface area contributed by atoms with Crippen LogP contribution in [0.25, 0.3) is 6.08 Å². The SMILES string of the molecule is CNC(=O)c1nc([C@@]2(C)CSC([C@]3(C)CSC([C@]4(C)CSC(/C=C/c5ccccc5)=N4)=N3)=N2)oc1C(=O)O.